The highest BCUT2D eigenvalue weighted by atomic mass is 16.5. The second kappa shape index (κ2) is 5.68. The number of rotatable bonds is 7. The molecule has 8 heteroatoms. The Labute approximate surface area is 116 Å². The van der Waals surface area contributed by atoms with E-state index in [-0.39, 0.29) is 6.10 Å². The summed E-state index contributed by atoms with van der Waals surface area (Å²) in [6.07, 6.45) is 4.05. The van der Waals surface area contributed by atoms with E-state index < -0.39 is 0 Å². The van der Waals surface area contributed by atoms with Gasteiger partial charge in [0.2, 0.25) is 11.7 Å². The number of hydrogen-bond acceptors (Lipinski definition) is 7. The van der Waals surface area contributed by atoms with Crippen LogP contribution >= 0.6 is 0 Å². The van der Waals surface area contributed by atoms with Gasteiger partial charge >= 0.3 is 0 Å². The molecule has 2 aromatic heterocycles. The SMILES string of the molecule is CCOC(c1noc(Cn2cc(CN)nn2)n1)C1CC1. The van der Waals surface area contributed by atoms with Gasteiger partial charge in [0.25, 0.3) is 0 Å². The predicted molar refractivity (Wildman–Crippen MR) is 68.4 cm³/mol. The molecule has 108 valence electrons. The molecule has 20 heavy (non-hydrogen) atoms. The van der Waals surface area contributed by atoms with Crippen molar-refractivity contribution in [2.24, 2.45) is 11.7 Å². The third-order valence-electron chi connectivity index (χ3n) is 3.23. The topological polar surface area (TPSA) is 105 Å². The maximum Gasteiger partial charge on any atom is 0.248 e. The first kappa shape index (κ1) is 13.2. The van der Waals surface area contributed by atoms with Crippen molar-refractivity contribution in [3.8, 4) is 0 Å². The molecule has 3 rings (SSSR count). The highest BCUT2D eigenvalue weighted by Crippen LogP contribution is 2.42. The Balaban J connectivity index is 1.69. The van der Waals surface area contributed by atoms with E-state index in [4.69, 9.17) is 15.0 Å². The third kappa shape index (κ3) is 2.86. The molecule has 0 aromatic carbocycles. The number of hydrogen-bond donors (Lipinski definition) is 1. The normalized spacial score (nSPS) is 16.5. The molecular formula is C12H18N6O2. The zero-order valence-electron chi connectivity index (χ0n) is 11.4. The van der Waals surface area contributed by atoms with Crippen molar-refractivity contribution < 1.29 is 9.26 Å². The van der Waals surface area contributed by atoms with Crippen molar-refractivity contribution in [1.82, 2.24) is 25.1 Å². The summed E-state index contributed by atoms with van der Waals surface area (Å²) in [5.41, 5.74) is 6.22. The van der Waals surface area contributed by atoms with Gasteiger partial charge in [0.1, 0.15) is 12.6 Å². The smallest absolute Gasteiger partial charge is 0.248 e. The minimum Gasteiger partial charge on any atom is -0.370 e. The zero-order chi connectivity index (χ0) is 13.9. The summed E-state index contributed by atoms with van der Waals surface area (Å²) >= 11 is 0. The quantitative estimate of drug-likeness (QED) is 0.792. The van der Waals surface area contributed by atoms with Crippen LogP contribution in [0.2, 0.25) is 0 Å². The van der Waals surface area contributed by atoms with Crippen LogP contribution in [0.3, 0.4) is 0 Å². The molecule has 1 atom stereocenters. The van der Waals surface area contributed by atoms with Crippen molar-refractivity contribution in [2.75, 3.05) is 6.61 Å². The van der Waals surface area contributed by atoms with Gasteiger partial charge in [-0.15, -0.1) is 5.10 Å². The molecule has 1 fully saturated rings. The van der Waals surface area contributed by atoms with Crippen molar-refractivity contribution in [1.29, 1.82) is 0 Å². The van der Waals surface area contributed by atoms with Crippen LogP contribution in [0, 0.1) is 5.92 Å². The second-order valence-corrected chi connectivity index (χ2v) is 4.87. The lowest BCUT2D eigenvalue weighted by atomic mass is 10.2. The van der Waals surface area contributed by atoms with Crippen molar-refractivity contribution in [2.45, 2.75) is 39.0 Å². The maximum atomic E-state index is 5.70. The van der Waals surface area contributed by atoms with Gasteiger partial charge in [-0.05, 0) is 25.7 Å². The minimum atomic E-state index is -0.0483. The van der Waals surface area contributed by atoms with E-state index in [9.17, 15) is 0 Å². The van der Waals surface area contributed by atoms with Crippen molar-refractivity contribution in [3.63, 3.8) is 0 Å². The summed E-state index contributed by atoms with van der Waals surface area (Å²) in [6, 6.07) is 0. The molecule has 1 aliphatic carbocycles. The molecule has 2 aromatic rings. The third-order valence-corrected chi connectivity index (χ3v) is 3.23. The molecule has 1 saturated carbocycles. The lowest BCUT2D eigenvalue weighted by Gasteiger charge is -2.10. The molecule has 1 unspecified atom stereocenters. The predicted octanol–water partition coefficient (Wildman–Crippen LogP) is 0.656. The van der Waals surface area contributed by atoms with Gasteiger partial charge in [0.15, 0.2) is 0 Å². The highest BCUT2D eigenvalue weighted by molar-refractivity contribution is 4.99. The molecule has 1 aliphatic rings. The van der Waals surface area contributed by atoms with E-state index in [0.29, 0.717) is 37.3 Å². The molecule has 2 heterocycles. The Kier molecular flexibility index (Phi) is 3.75. The Hall–Kier alpha value is -1.80. The lowest BCUT2D eigenvalue weighted by Crippen LogP contribution is -2.09. The van der Waals surface area contributed by atoms with Crippen LogP contribution < -0.4 is 5.73 Å². The van der Waals surface area contributed by atoms with E-state index in [1.165, 1.54) is 0 Å². The summed E-state index contributed by atoms with van der Waals surface area (Å²) < 4.78 is 12.6. The molecule has 8 nitrogen and oxygen atoms in total. The van der Waals surface area contributed by atoms with Gasteiger partial charge in [-0.25, -0.2) is 4.68 Å². The fraction of sp³-hybridized carbons (Fsp3) is 0.667. The van der Waals surface area contributed by atoms with Gasteiger partial charge in [0, 0.05) is 13.2 Å². The Morgan fingerprint density at radius 2 is 2.40 bits per heavy atom. The van der Waals surface area contributed by atoms with Gasteiger partial charge in [-0.2, -0.15) is 4.98 Å². The summed E-state index contributed by atoms with van der Waals surface area (Å²) in [5.74, 6) is 1.65. The van der Waals surface area contributed by atoms with Crippen LogP contribution in [0.5, 0.6) is 0 Å². The zero-order valence-corrected chi connectivity index (χ0v) is 11.4. The largest absolute Gasteiger partial charge is 0.370 e. The first-order valence-corrected chi connectivity index (χ1v) is 6.83. The summed E-state index contributed by atoms with van der Waals surface area (Å²) in [4.78, 5) is 4.40. The molecule has 0 spiro atoms. The van der Waals surface area contributed by atoms with Crippen LogP contribution in [-0.2, 0) is 17.8 Å². The van der Waals surface area contributed by atoms with Crippen LogP contribution in [0.4, 0.5) is 0 Å². The van der Waals surface area contributed by atoms with Crippen LogP contribution in [0.1, 0.15) is 43.3 Å². The van der Waals surface area contributed by atoms with Gasteiger partial charge in [-0.1, -0.05) is 10.4 Å². The van der Waals surface area contributed by atoms with E-state index >= 15 is 0 Å². The molecule has 0 radical (unpaired) electrons. The van der Waals surface area contributed by atoms with Crippen LogP contribution in [-0.4, -0.2) is 31.7 Å². The van der Waals surface area contributed by atoms with Gasteiger partial charge in [0.05, 0.1) is 11.9 Å². The Morgan fingerprint density at radius 1 is 1.55 bits per heavy atom. The fourth-order valence-electron chi connectivity index (χ4n) is 2.10. The van der Waals surface area contributed by atoms with E-state index in [2.05, 4.69) is 20.5 Å². The van der Waals surface area contributed by atoms with Crippen LogP contribution in [0.15, 0.2) is 10.7 Å². The monoisotopic (exact) mass is 278 g/mol. The number of aromatic nitrogens is 5. The average molecular weight is 278 g/mol. The molecule has 0 bridgehead atoms. The Morgan fingerprint density at radius 3 is 3.05 bits per heavy atom. The second-order valence-electron chi connectivity index (χ2n) is 4.87. The van der Waals surface area contributed by atoms with Crippen molar-refractivity contribution in [3.05, 3.63) is 23.6 Å². The molecule has 2 N–H and O–H groups in total. The highest BCUT2D eigenvalue weighted by Gasteiger charge is 2.36. The number of nitrogens with zero attached hydrogens (tertiary/aromatic N) is 5. The first-order valence-electron chi connectivity index (χ1n) is 6.83. The van der Waals surface area contributed by atoms with E-state index in [1.807, 2.05) is 6.92 Å². The maximum absolute atomic E-state index is 5.70. The molecule has 0 saturated heterocycles. The first-order chi connectivity index (χ1) is 9.80. The molecule has 0 aliphatic heterocycles. The summed E-state index contributed by atoms with van der Waals surface area (Å²) in [6.45, 7) is 3.38. The fourth-order valence-corrected chi connectivity index (χ4v) is 2.10. The summed E-state index contributed by atoms with van der Waals surface area (Å²) in [5, 5.41) is 11.9. The summed E-state index contributed by atoms with van der Waals surface area (Å²) in [7, 11) is 0. The number of nitrogens with two attached hydrogens (primary N) is 1. The molecule has 0 amide bonds. The number of ether oxygens (including phenoxy) is 1. The van der Waals surface area contributed by atoms with Crippen molar-refractivity contribution >= 4 is 0 Å². The average Bonchev–Trinajstić information content (AvgIpc) is 3.02. The molecular weight excluding hydrogens is 260 g/mol. The standard InChI is InChI=1S/C12H18N6O2/c1-2-19-11(8-3-4-8)12-14-10(20-16-12)7-18-6-9(5-13)15-17-18/h6,8,11H,2-5,7,13H2,1H3. The minimum absolute atomic E-state index is 0.0483. The van der Waals surface area contributed by atoms with Gasteiger partial charge < -0.3 is 15.0 Å². The van der Waals surface area contributed by atoms with Crippen LogP contribution in [0.25, 0.3) is 0 Å². The Bertz CT molecular complexity index is 562. The lowest BCUT2D eigenvalue weighted by molar-refractivity contribution is 0.0384. The van der Waals surface area contributed by atoms with Gasteiger partial charge in [-0.3, -0.25) is 0 Å². The van der Waals surface area contributed by atoms with E-state index in [0.717, 1.165) is 18.5 Å². The van der Waals surface area contributed by atoms with E-state index in [1.54, 1.807) is 10.9 Å².